The van der Waals surface area contributed by atoms with Crippen LogP contribution in [0.3, 0.4) is 0 Å². The van der Waals surface area contributed by atoms with Gasteiger partial charge in [-0.2, -0.15) is 0 Å². The smallest absolute Gasteiger partial charge is 0.300 e. The van der Waals surface area contributed by atoms with Crippen molar-refractivity contribution >= 4 is 34.7 Å². The number of carbonyl (C=O) groups is 2. The molecular formula is C32H26ClNO6. The summed E-state index contributed by atoms with van der Waals surface area (Å²) in [5.41, 5.74) is 2.10. The second-order valence-corrected chi connectivity index (χ2v) is 9.59. The zero-order valence-electron chi connectivity index (χ0n) is 22.1. The Balaban J connectivity index is 1.71. The van der Waals surface area contributed by atoms with Gasteiger partial charge in [0, 0.05) is 11.8 Å². The number of hydrogen-bond acceptors (Lipinski definition) is 6. The van der Waals surface area contributed by atoms with Crippen molar-refractivity contribution in [3.8, 4) is 23.0 Å². The van der Waals surface area contributed by atoms with Crippen molar-refractivity contribution in [2.75, 3.05) is 19.1 Å². The molecule has 1 heterocycles. The summed E-state index contributed by atoms with van der Waals surface area (Å²) in [5.74, 6) is -0.352. The van der Waals surface area contributed by atoms with Gasteiger partial charge in [0.1, 0.15) is 28.8 Å². The number of aliphatic hydroxyl groups is 1. The van der Waals surface area contributed by atoms with Crippen molar-refractivity contribution < 1.29 is 28.9 Å². The van der Waals surface area contributed by atoms with Gasteiger partial charge in [0.2, 0.25) is 0 Å². The number of ketones is 1. The first-order valence-corrected chi connectivity index (χ1v) is 12.8. The molecule has 1 fully saturated rings. The Labute approximate surface area is 236 Å². The molecule has 0 bridgehead atoms. The Hall–Kier alpha value is -4.75. The number of anilines is 1. The number of para-hydroxylation sites is 1. The Morgan fingerprint density at radius 3 is 2.17 bits per heavy atom. The quantitative estimate of drug-likeness (QED) is 0.149. The van der Waals surface area contributed by atoms with E-state index in [0.717, 1.165) is 5.56 Å². The molecule has 40 heavy (non-hydrogen) atoms. The molecular weight excluding hydrogens is 530 g/mol. The van der Waals surface area contributed by atoms with Gasteiger partial charge in [-0.15, -0.1) is 0 Å². The number of hydrogen-bond donors (Lipinski definition) is 1. The summed E-state index contributed by atoms with van der Waals surface area (Å²) in [4.78, 5) is 28.5. The Kier molecular flexibility index (Phi) is 7.49. The van der Waals surface area contributed by atoms with Gasteiger partial charge in [-0.25, -0.2) is 0 Å². The minimum Gasteiger partial charge on any atom is -0.507 e. The Morgan fingerprint density at radius 1 is 0.825 bits per heavy atom. The SMILES string of the molecule is COc1cc(OC)c(/C(O)=C2\C(=O)C(=O)N(c3ccc(C)cc3)C2c2cccc(Oc3ccccc3)c2)cc1Cl. The maximum absolute atomic E-state index is 13.6. The third kappa shape index (κ3) is 4.99. The van der Waals surface area contributed by atoms with Crippen molar-refractivity contribution in [3.63, 3.8) is 0 Å². The molecule has 1 unspecified atom stereocenters. The number of rotatable bonds is 7. The minimum absolute atomic E-state index is 0.109. The number of amides is 1. The highest BCUT2D eigenvalue weighted by atomic mass is 35.5. The van der Waals surface area contributed by atoms with E-state index in [1.54, 1.807) is 36.4 Å². The highest BCUT2D eigenvalue weighted by Gasteiger charge is 2.47. The summed E-state index contributed by atoms with van der Waals surface area (Å²) in [5, 5.41) is 11.8. The normalized spacial score (nSPS) is 16.2. The monoisotopic (exact) mass is 555 g/mol. The fourth-order valence-electron chi connectivity index (χ4n) is 4.68. The lowest BCUT2D eigenvalue weighted by atomic mass is 9.94. The maximum Gasteiger partial charge on any atom is 0.300 e. The molecule has 0 saturated carbocycles. The molecule has 0 radical (unpaired) electrons. The number of Topliss-reactive ketones (excluding diaryl/α,β-unsaturated/α-hetero) is 1. The van der Waals surface area contributed by atoms with Gasteiger partial charge in [0.05, 0.1) is 36.4 Å². The van der Waals surface area contributed by atoms with E-state index in [4.69, 9.17) is 25.8 Å². The zero-order valence-corrected chi connectivity index (χ0v) is 22.8. The molecule has 202 valence electrons. The van der Waals surface area contributed by atoms with Gasteiger partial charge < -0.3 is 19.3 Å². The molecule has 1 N–H and O–H groups in total. The number of aliphatic hydroxyl groups excluding tert-OH is 1. The minimum atomic E-state index is -0.965. The second-order valence-electron chi connectivity index (χ2n) is 9.18. The van der Waals surface area contributed by atoms with Crippen LogP contribution in [0, 0.1) is 6.92 Å². The van der Waals surface area contributed by atoms with Crippen molar-refractivity contribution in [2.45, 2.75) is 13.0 Å². The summed E-state index contributed by atoms with van der Waals surface area (Å²) in [6.07, 6.45) is 0. The number of ether oxygens (including phenoxy) is 3. The van der Waals surface area contributed by atoms with Gasteiger partial charge in [0.25, 0.3) is 11.7 Å². The van der Waals surface area contributed by atoms with Crippen LogP contribution < -0.4 is 19.1 Å². The van der Waals surface area contributed by atoms with Crippen LogP contribution in [0.4, 0.5) is 5.69 Å². The van der Waals surface area contributed by atoms with Crippen LogP contribution >= 0.6 is 11.6 Å². The van der Waals surface area contributed by atoms with Gasteiger partial charge in [-0.3, -0.25) is 14.5 Å². The number of nitrogens with zero attached hydrogens (tertiary/aromatic N) is 1. The van der Waals surface area contributed by atoms with Crippen LogP contribution in [-0.4, -0.2) is 31.0 Å². The first-order valence-electron chi connectivity index (χ1n) is 12.4. The van der Waals surface area contributed by atoms with Gasteiger partial charge in [0.15, 0.2) is 0 Å². The molecule has 1 aliphatic heterocycles. The highest BCUT2D eigenvalue weighted by molar-refractivity contribution is 6.51. The average Bonchev–Trinajstić information content (AvgIpc) is 3.23. The van der Waals surface area contributed by atoms with Crippen LogP contribution in [0.1, 0.15) is 22.7 Å². The first-order chi connectivity index (χ1) is 19.3. The zero-order chi connectivity index (χ0) is 28.4. The third-order valence-corrected chi connectivity index (χ3v) is 6.93. The van der Waals surface area contributed by atoms with Crippen molar-refractivity contribution in [2.24, 2.45) is 0 Å². The van der Waals surface area contributed by atoms with Crippen LogP contribution in [0.25, 0.3) is 5.76 Å². The standard InChI is InChI=1S/C32H26ClNO6/c1-19-12-14-21(15-13-19)34-29(20-8-7-11-23(16-20)40-22-9-5-4-6-10-22)28(31(36)32(34)37)30(35)24-17-25(33)27(39-3)18-26(24)38-2/h4-18,29,35H,1-3H3/b30-28+. The number of halogens is 1. The molecule has 4 aromatic rings. The van der Waals surface area contributed by atoms with Crippen molar-refractivity contribution in [1.82, 2.24) is 0 Å². The topological polar surface area (TPSA) is 85.3 Å². The maximum atomic E-state index is 13.6. The van der Waals surface area contributed by atoms with Gasteiger partial charge >= 0.3 is 0 Å². The van der Waals surface area contributed by atoms with E-state index in [9.17, 15) is 14.7 Å². The van der Waals surface area contributed by atoms with E-state index in [-0.39, 0.29) is 21.9 Å². The molecule has 1 aliphatic rings. The predicted molar refractivity (Wildman–Crippen MR) is 153 cm³/mol. The Morgan fingerprint density at radius 2 is 1.50 bits per heavy atom. The molecule has 8 heteroatoms. The van der Waals surface area contributed by atoms with Crippen molar-refractivity contribution in [1.29, 1.82) is 0 Å². The largest absolute Gasteiger partial charge is 0.507 e. The van der Waals surface area contributed by atoms with Crippen LogP contribution in [-0.2, 0) is 9.59 Å². The van der Waals surface area contributed by atoms with E-state index in [1.807, 2.05) is 49.4 Å². The van der Waals surface area contributed by atoms with E-state index in [2.05, 4.69) is 0 Å². The molecule has 7 nitrogen and oxygen atoms in total. The number of aryl methyl sites for hydroxylation is 1. The molecule has 1 saturated heterocycles. The molecule has 1 atom stereocenters. The predicted octanol–water partition coefficient (Wildman–Crippen LogP) is 7.08. The van der Waals surface area contributed by atoms with E-state index in [0.29, 0.717) is 28.5 Å². The lowest BCUT2D eigenvalue weighted by Crippen LogP contribution is -2.29. The van der Waals surface area contributed by atoms with Crippen LogP contribution in [0.15, 0.2) is 96.6 Å². The summed E-state index contributed by atoms with van der Waals surface area (Å²) < 4.78 is 16.8. The molecule has 5 rings (SSSR count). The lowest BCUT2D eigenvalue weighted by molar-refractivity contribution is -0.132. The number of carbonyl (C=O) groups excluding carboxylic acids is 2. The fourth-order valence-corrected chi connectivity index (χ4v) is 4.92. The molecule has 0 spiro atoms. The van der Waals surface area contributed by atoms with Crippen LogP contribution in [0.2, 0.25) is 5.02 Å². The van der Waals surface area contributed by atoms with E-state index < -0.39 is 23.5 Å². The molecule has 0 aromatic heterocycles. The fraction of sp³-hybridized carbons (Fsp3) is 0.125. The molecule has 0 aliphatic carbocycles. The van der Waals surface area contributed by atoms with Crippen molar-refractivity contribution in [3.05, 3.63) is 118 Å². The molecule has 4 aromatic carbocycles. The second kappa shape index (κ2) is 11.2. The van der Waals surface area contributed by atoms with Crippen LogP contribution in [0.5, 0.6) is 23.0 Å². The van der Waals surface area contributed by atoms with E-state index in [1.165, 1.54) is 31.3 Å². The summed E-state index contributed by atoms with van der Waals surface area (Å²) in [6, 6.07) is 25.6. The third-order valence-electron chi connectivity index (χ3n) is 6.64. The number of methoxy groups -OCH3 is 2. The number of benzene rings is 4. The molecule has 1 amide bonds. The van der Waals surface area contributed by atoms with Gasteiger partial charge in [-0.05, 0) is 55.0 Å². The average molecular weight is 556 g/mol. The first kappa shape index (κ1) is 26.8. The Bertz CT molecular complexity index is 1610. The summed E-state index contributed by atoms with van der Waals surface area (Å²) in [6.45, 7) is 1.93. The van der Waals surface area contributed by atoms with E-state index >= 15 is 0 Å². The summed E-state index contributed by atoms with van der Waals surface area (Å²) >= 11 is 6.37. The highest BCUT2D eigenvalue weighted by Crippen LogP contribution is 2.45. The summed E-state index contributed by atoms with van der Waals surface area (Å²) in [7, 11) is 2.88. The lowest BCUT2D eigenvalue weighted by Gasteiger charge is -2.26. The van der Waals surface area contributed by atoms with Gasteiger partial charge in [-0.1, -0.05) is 59.6 Å².